The Morgan fingerprint density at radius 3 is 2.63 bits per heavy atom. The lowest BCUT2D eigenvalue weighted by molar-refractivity contribution is 0.317. The number of hydrogen-bond donors (Lipinski definition) is 1. The Hall–Kier alpha value is -1.55. The summed E-state index contributed by atoms with van der Waals surface area (Å²) in [7, 11) is 0. The van der Waals surface area contributed by atoms with Gasteiger partial charge in [-0.15, -0.1) is 11.3 Å². The summed E-state index contributed by atoms with van der Waals surface area (Å²) in [4.78, 5) is 5.62. The lowest BCUT2D eigenvalue weighted by Crippen LogP contribution is -1.98. The van der Waals surface area contributed by atoms with Gasteiger partial charge < -0.3 is 10.1 Å². The highest BCUT2D eigenvalue weighted by Crippen LogP contribution is 2.18. The molecule has 0 unspecified atom stereocenters. The van der Waals surface area contributed by atoms with Crippen LogP contribution in [0.1, 0.15) is 30.2 Å². The van der Waals surface area contributed by atoms with Gasteiger partial charge in [-0.3, -0.25) is 0 Å². The van der Waals surface area contributed by atoms with E-state index >= 15 is 0 Å². The van der Waals surface area contributed by atoms with Crippen LogP contribution in [-0.4, -0.2) is 11.6 Å². The standard InChI is InChI=1S/C15H20N2OS/c1-3-9-18-13-7-5-12(6-8-13)16-10-14-11-17-15(4-2)19-14/h5-8,11,16H,3-4,9-10H2,1-2H3. The third kappa shape index (κ3) is 4.24. The van der Waals surface area contributed by atoms with Crippen molar-refractivity contribution in [2.24, 2.45) is 0 Å². The minimum absolute atomic E-state index is 0.771. The van der Waals surface area contributed by atoms with Gasteiger partial charge in [0.15, 0.2) is 0 Å². The van der Waals surface area contributed by atoms with Crippen molar-refractivity contribution in [3.63, 3.8) is 0 Å². The molecule has 102 valence electrons. The summed E-state index contributed by atoms with van der Waals surface area (Å²) in [6.07, 6.45) is 3.99. The Kier molecular flexibility index (Phi) is 5.21. The van der Waals surface area contributed by atoms with Gasteiger partial charge in [-0.1, -0.05) is 13.8 Å². The van der Waals surface area contributed by atoms with Gasteiger partial charge >= 0.3 is 0 Å². The van der Waals surface area contributed by atoms with Crippen LogP contribution in [0.4, 0.5) is 5.69 Å². The molecule has 1 aromatic heterocycles. The number of hydrogen-bond acceptors (Lipinski definition) is 4. The number of aromatic nitrogens is 1. The Labute approximate surface area is 118 Å². The van der Waals surface area contributed by atoms with Crippen LogP contribution in [0.15, 0.2) is 30.5 Å². The Morgan fingerprint density at radius 1 is 1.21 bits per heavy atom. The van der Waals surface area contributed by atoms with Gasteiger partial charge in [0.05, 0.1) is 18.2 Å². The van der Waals surface area contributed by atoms with Gasteiger partial charge in [0.25, 0.3) is 0 Å². The van der Waals surface area contributed by atoms with Crippen molar-refractivity contribution in [2.45, 2.75) is 33.2 Å². The number of anilines is 1. The van der Waals surface area contributed by atoms with Gasteiger partial charge in [0, 0.05) is 16.8 Å². The van der Waals surface area contributed by atoms with E-state index in [0.717, 1.165) is 37.4 Å². The van der Waals surface area contributed by atoms with Crippen molar-refractivity contribution in [1.29, 1.82) is 0 Å². The van der Waals surface area contributed by atoms with E-state index in [0.29, 0.717) is 0 Å². The molecular weight excluding hydrogens is 256 g/mol. The quantitative estimate of drug-likeness (QED) is 0.826. The first-order chi connectivity index (χ1) is 9.31. The van der Waals surface area contributed by atoms with Crippen LogP contribution >= 0.6 is 11.3 Å². The Balaban J connectivity index is 1.85. The number of thiazole rings is 1. The third-order valence-electron chi connectivity index (χ3n) is 2.70. The molecule has 4 heteroatoms. The number of aryl methyl sites for hydroxylation is 1. The van der Waals surface area contributed by atoms with Crippen LogP contribution in [0, 0.1) is 0 Å². The molecule has 0 aliphatic heterocycles. The highest BCUT2D eigenvalue weighted by atomic mass is 32.1. The average molecular weight is 276 g/mol. The summed E-state index contributed by atoms with van der Waals surface area (Å²) in [5.41, 5.74) is 1.11. The summed E-state index contributed by atoms with van der Waals surface area (Å²) in [5.74, 6) is 0.929. The zero-order valence-electron chi connectivity index (χ0n) is 11.5. The van der Waals surface area contributed by atoms with E-state index in [1.54, 1.807) is 11.3 Å². The molecule has 1 N–H and O–H groups in total. The number of benzene rings is 1. The molecule has 19 heavy (non-hydrogen) atoms. The molecule has 0 fully saturated rings. The monoisotopic (exact) mass is 276 g/mol. The van der Waals surface area contributed by atoms with Gasteiger partial charge in [0.1, 0.15) is 5.75 Å². The van der Waals surface area contributed by atoms with Crippen LogP contribution in [0.25, 0.3) is 0 Å². The fraction of sp³-hybridized carbons (Fsp3) is 0.400. The molecule has 0 atom stereocenters. The molecule has 3 nitrogen and oxygen atoms in total. The smallest absolute Gasteiger partial charge is 0.119 e. The second-order valence-electron chi connectivity index (χ2n) is 4.30. The summed E-state index contributed by atoms with van der Waals surface area (Å²) in [5, 5.41) is 4.59. The predicted molar refractivity (Wildman–Crippen MR) is 81.0 cm³/mol. The minimum Gasteiger partial charge on any atom is -0.494 e. The molecule has 0 saturated carbocycles. The van der Waals surface area contributed by atoms with Gasteiger partial charge in [-0.25, -0.2) is 4.98 Å². The molecule has 0 saturated heterocycles. The zero-order chi connectivity index (χ0) is 13.5. The topological polar surface area (TPSA) is 34.1 Å². The highest BCUT2D eigenvalue weighted by molar-refractivity contribution is 7.11. The van der Waals surface area contributed by atoms with E-state index < -0.39 is 0 Å². The van der Waals surface area contributed by atoms with Gasteiger partial charge in [0.2, 0.25) is 0 Å². The summed E-state index contributed by atoms with van der Waals surface area (Å²) in [6, 6.07) is 8.10. The SMILES string of the molecule is CCCOc1ccc(NCc2cnc(CC)s2)cc1. The second-order valence-corrected chi connectivity index (χ2v) is 5.50. The molecule has 0 spiro atoms. The number of nitrogens with zero attached hydrogens (tertiary/aromatic N) is 1. The molecule has 0 radical (unpaired) electrons. The third-order valence-corrected chi connectivity index (χ3v) is 3.84. The van der Waals surface area contributed by atoms with Crippen LogP contribution in [-0.2, 0) is 13.0 Å². The molecule has 2 rings (SSSR count). The first kappa shape index (κ1) is 13.9. The lowest BCUT2D eigenvalue weighted by Gasteiger charge is -2.07. The Morgan fingerprint density at radius 2 is 2.00 bits per heavy atom. The van der Waals surface area contributed by atoms with Crippen molar-refractivity contribution in [2.75, 3.05) is 11.9 Å². The summed E-state index contributed by atoms with van der Waals surface area (Å²) >= 11 is 1.77. The van der Waals surface area contributed by atoms with E-state index in [1.165, 1.54) is 9.88 Å². The van der Waals surface area contributed by atoms with E-state index in [1.807, 2.05) is 30.5 Å². The molecular formula is C15H20N2OS. The predicted octanol–water partition coefficient (Wildman–Crippen LogP) is 4.11. The number of rotatable bonds is 7. The van der Waals surface area contributed by atoms with E-state index in [2.05, 4.69) is 24.1 Å². The maximum absolute atomic E-state index is 5.56. The minimum atomic E-state index is 0.771. The molecule has 0 aliphatic carbocycles. The highest BCUT2D eigenvalue weighted by Gasteiger charge is 2.00. The van der Waals surface area contributed by atoms with Crippen molar-refractivity contribution in [3.8, 4) is 5.75 Å². The maximum atomic E-state index is 5.56. The first-order valence-electron chi connectivity index (χ1n) is 6.72. The summed E-state index contributed by atoms with van der Waals surface area (Å²) < 4.78 is 5.56. The summed E-state index contributed by atoms with van der Waals surface area (Å²) in [6.45, 7) is 5.83. The van der Waals surface area contributed by atoms with Crippen molar-refractivity contribution in [3.05, 3.63) is 40.3 Å². The molecule has 2 aromatic rings. The van der Waals surface area contributed by atoms with Crippen molar-refractivity contribution >= 4 is 17.0 Å². The fourth-order valence-electron chi connectivity index (χ4n) is 1.67. The van der Waals surface area contributed by atoms with Crippen LogP contribution < -0.4 is 10.1 Å². The fourth-order valence-corrected chi connectivity index (χ4v) is 2.47. The van der Waals surface area contributed by atoms with E-state index in [9.17, 15) is 0 Å². The molecule has 0 amide bonds. The second kappa shape index (κ2) is 7.14. The average Bonchev–Trinajstić information content (AvgIpc) is 2.92. The lowest BCUT2D eigenvalue weighted by atomic mass is 10.3. The largest absolute Gasteiger partial charge is 0.494 e. The zero-order valence-corrected chi connectivity index (χ0v) is 12.3. The Bertz CT molecular complexity index is 493. The van der Waals surface area contributed by atoms with Gasteiger partial charge in [-0.05, 0) is 37.1 Å². The van der Waals surface area contributed by atoms with Crippen LogP contribution in [0.5, 0.6) is 5.75 Å². The van der Waals surface area contributed by atoms with Crippen LogP contribution in [0.2, 0.25) is 0 Å². The van der Waals surface area contributed by atoms with Crippen LogP contribution in [0.3, 0.4) is 0 Å². The van der Waals surface area contributed by atoms with Crippen molar-refractivity contribution in [1.82, 2.24) is 4.98 Å². The van der Waals surface area contributed by atoms with Gasteiger partial charge in [-0.2, -0.15) is 0 Å². The normalized spacial score (nSPS) is 10.4. The molecule has 1 heterocycles. The molecule has 0 aliphatic rings. The number of ether oxygens (including phenoxy) is 1. The maximum Gasteiger partial charge on any atom is 0.119 e. The number of nitrogens with one attached hydrogen (secondary N) is 1. The van der Waals surface area contributed by atoms with E-state index in [4.69, 9.17) is 4.74 Å². The van der Waals surface area contributed by atoms with Crippen molar-refractivity contribution < 1.29 is 4.74 Å². The first-order valence-corrected chi connectivity index (χ1v) is 7.53. The molecule has 0 bridgehead atoms. The van der Waals surface area contributed by atoms with E-state index in [-0.39, 0.29) is 0 Å². The molecule has 1 aromatic carbocycles.